The molecule has 0 fully saturated rings. The summed E-state index contributed by atoms with van der Waals surface area (Å²) < 4.78 is 5.20. The van der Waals surface area contributed by atoms with Gasteiger partial charge in [0.05, 0.1) is 7.11 Å². The molecular weight excluding hydrogens is 408 g/mol. The Bertz CT molecular complexity index is 1140. The topological polar surface area (TPSA) is 79.9 Å². The van der Waals surface area contributed by atoms with Crippen LogP contribution in [0, 0.1) is 6.92 Å². The second-order valence-corrected chi connectivity index (χ2v) is 8.03. The standard InChI is InChI=1S/C24H22N4O2S/c1-16-8-12-19(13-9-16)25-23(29)21(17-6-4-3-5-7-17)31-24-26-22(27-28-24)18-10-14-20(30-2)15-11-18/h3-15,21H,1-2H3,(H,25,29)(H,26,27,28). The molecule has 1 heterocycles. The molecule has 0 saturated carbocycles. The van der Waals surface area contributed by atoms with Gasteiger partial charge in [0.2, 0.25) is 11.1 Å². The highest BCUT2D eigenvalue weighted by molar-refractivity contribution is 8.00. The van der Waals surface area contributed by atoms with E-state index in [9.17, 15) is 4.79 Å². The van der Waals surface area contributed by atoms with Crippen LogP contribution < -0.4 is 10.1 Å². The average molecular weight is 431 g/mol. The van der Waals surface area contributed by atoms with Gasteiger partial charge in [-0.1, -0.05) is 59.8 Å². The minimum atomic E-state index is -0.498. The van der Waals surface area contributed by atoms with Gasteiger partial charge in [-0.25, -0.2) is 4.98 Å². The number of methoxy groups -OCH3 is 1. The van der Waals surface area contributed by atoms with Crippen molar-refractivity contribution in [2.75, 3.05) is 12.4 Å². The van der Waals surface area contributed by atoms with Gasteiger partial charge in [0.15, 0.2) is 5.82 Å². The summed E-state index contributed by atoms with van der Waals surface area (Å²) in [6.45, 7) is 2.01. The second kappa shape index (κ2) is 9.49. The van der Waals surface area contributed by atoms with Crippen LogP contribution in [-0.4, -0.2) is 28.2 Å². The third kappa shape index (κ3) is 5.13. The number of rotatable bonds is 7. The second-order valence-electron chi connectivity index (χ2n) is 6.96. The van der Waals surface area contributed by atoms with Crippen molar-refractivity contribution < 1.29 is 9.53 Å². The van der Waals surface area contributed by atoms with Gasteiger partial charge in [0, 0.05) is 11.3 Å². The summed E-state index contributed by atoms with van der Waals surface area (Å²) in [4.78, 5) is 17.7. The third-order valence-corrected chi connectivity index (χ3v) is 5.83. The van der Waals surface area contributed by atoms with Crippen LogP contribution >= 0.6 is 11.8 Å². The molecule has 2 N–H and O–H groups in total. The van der Waals surface area contributed by atoms with Crippen LogP contribution in [0.25, 0.3) is 11.4 Å². The molecule has 0 aliphatic carbocycles. The third-order valence-electron chi connectivity index (χ3n) is 4.71. The van der Waals surface area contributed by atoms with Crippen LogP contribution in [0.1, 0.15) is 16.4 Å². The first-order chi connectivity index (χ1) is 15.1. The van der Waals surface area contributed by atoms with E-state index in [0.29, 0.717) is 11.0 Å². The van der Waals surface area contributed by atoms with Crippen LogP contribution in [0.5, 0.6) is 5.75 Å². The van der Waals surface area contributed by atoms with E-state index in [1.807, 2.05) is 85.8 Å². The Balaban J connectivity index is 1.55. The van der Waals surface area contributed by atoms with Crippen molar-refractivity contribution in [1.82, 2.24) is 15.2 Å². The number of carbonyl (C=O) groups is 1. The molecule has 1 amide bonds. The van der Waals surface area contributed by atoms with Crippen LogP contribution in [0.3, 0.4) is 0 Å². The quantitative estimate of drug-likeness (QED) is 0.391. The van der Waals surface area contributed by atoms with Crippen molar-refractivity contribution in [2.24, 2.45) is 0 Å². The number of ether oxygens (including phenoxy) is 1. The zero-order valence-corrected chi connectivity index (χ0v) is 18.0. The molecule has 0 radical (unpaired) electrons. The molecule has 31 heavy (non-hydrogen) atoms. The first kappa shape index (κ1) is 20.7. The number of nitrogens with one attached hydrogen (secondary N) is 2. The highest BCUT2D eigenvalue weighted by atomic mass is 32.2. The first-order valence-electron chi connectivity index (χ1n) is 9.78. The number of hydrogen-bond acceptors (Lipinski definition) is 5. The van der Waals surface area contributed by atoms with Gasteiger partial charge in [-0.3, -0.25) is 9.89 Å². The minimum absolute atomic E-state index is 0.129. The summed E-state index contributed by atoms with van der Waals surface area (Å²) in [5.41, 5.74) is 3.67. The Labute approximate surface area is 185 Å². The molecule has 0 aliphatic heterocycles. The maximum atomic E-state index is 13.1. The normalized spacial score (nSPS) is 11.7. The number of carbonyl (C=O) groups excluding carboxylic acids is 1. The minimum Gasteiger partial charge on any atom is -0.497 e. The predicted molar refractivity (Wildman–Crippen MR) is 123 cm³/mol. The van der Waals surface area contributed by atoms with Crippen molar-refractivity contribution in [2.45, 2.75) is 17.3 Å². The Morgan fingerprint density at radius 1 is 1.00 bits per heavy atom. The SMILES string of the molecule is COc1ccc(-c2nc(SC(C(=O)Nc3ccc(C)cc3)c3ccccc3)n[nH]2)cc1. The molecule has 1 unspecified atom stereocenters. The summed E-state index contributed by atoms with van der Waals surface area (Å²) in [6, 6.07) is 24.9. The molecule has 6 nitrogen and oxygen atoms in total. The van der Waals surface area contributed by atoms with E-state index >= 15 is 0 Å². The summed E-state index contributed by atoms with van der Waals surface area (Å²) in [5.74, 6) is 1.28. The number of thioether (sulfide) groups is 1. The number of nitrogens with zero attached hydrogens (tertiary/aromatic N) is 2. The van der Waals surface area contributed by atoms with Crippen molar-refractivity contribution in [1.29, 1.82) is 0 Å². The number of amides is 1. The van der Waals surface area contributed by atoms with Gasteiger partial charge in [-0.05, 0) is 48.9 Å². The van der Waals surface area contributed by atoms with Crippen LogP contribution in [0.15, 0.2) is 84.0 Å². The molecule has 0 aliphatic rings. The highest BCUT2D eigenvalue weighted by Crippen LogP contribution is 2.35. The summed E-state index contributed by atoms with van der Waals surface area (Å²) in [5, 5.41) is 10.3. The van der Waals surface area contributed by atoms with Gasteiger partial charge in [0.25, 0.3) is 0 Å². The number of H-pyrrole nitrogens is 1. The van der Waals surface area contributed by atoms with E-state index in [2.05, 4.69) is 20.5 Å². The number of aryl methyl sites for hydroxylation is 1. The monoisotopic (exact) mass is 430 g/mol. The van der Waals surface area contributed by atoms with Crippen LogP contribution in [0.4, 0.5) is 5.69 Å². The van der Waals surface area contributed by atoms with E-state index in [1.54, 1.807) is 7.11 Å². The average Bonchev–Trinajstić information content (AvgIpc) is 3.28. The zero-order valence-electron chi connectivity index (χ0n) is 17.2. The van der Waals surface area contributed by atoms with E-state index in [4.69, 9.17) is 4.74 Å². The molecule has 0 spiro atoms. The molecule has 7 heteroatoms. The zero-order chi connectivity index (χ0) is 21.6. The maximum absolute atomic E-state index is 13.1. The van der Waals surface area contributed by atoms with E-state index in [1.165, 1.54) is 11.8 Å². The molecule has 156 valence electrons. The number of anilines is 1. The van der Waals surface area contributed by atoms with Gasteiger partial charge >= 0.3 is 0 Å². The fourth-order valence-corrected chi connectivity index (χ4v) is 3.94. The molecule has 4 aromatic rings. The Morgan fingerprint density at radius 3 is 2.39 bits per heavy atom. The number of hydrogen-bond donors (Lipinski definition) is 2. The molecule has 1 atom stereocenters. The first-order valence-corrected chi connectivity index (χ1v) is 10.7. The molecule has 4 rings (SSSR count). The smallest absolute Gasteiger partial charge is 0.242 e. The lowest BCUT2D eigenvalue weighted by Gasteiger charge is -2.15. The lowest BCUT2D eigenvalue weighted by Crippen LogP contribution is -2.19. The molecule has 1 aromatic heterocycles. The van der Waals surface area contributed by atoms with E-state index in [-0.39, 0.29) is 5.91 Å². The Morgan fingerprint density at radius 2 is 1.71 bits per heavy atom. The van der Waals surface area contributed by atoms with Gasteiger partial charge in [-0.2, -0.15) is 0 Å². The summed E-state index contributed by atoms with van der Waals surface area (Å²) in [6.07, 6.45) is 0. The number of aromatic amines is 1. The van der Waals surface area contributed by atoms with E-state index in [0.717, 1.165) is 28.1 Å². The van der Waals surface area contributed by atoms with Crippen LogP contribution in [-0.2, 0) is 4.79 Å². The molecular formula is C24H22N4O2S. The summed E-state index contributed by atoms with van der Waals surface area (Å²) >= 11 is 1.31. The lowest BCUT2D eigenvalue weighted by molar-refractivity contribution is -0.115. The molecule has 3 aromatic carbocycles. The van der Waals surface area contributed by atoms with Crippen molar-refractivity contribution in [3.63, 3.8) is 0 Å². The fraction of sp³-hybridized carbons (Fsp3) is 0.125. The Kier molecular flexibility index (Phi) is 6.33. The summed E-state index contributed by atoms with van der Waals surface area (Å²) in [7, 11) is 1.63. The lowest BCUT2D eigenvalue weighted by atomic mass is 10.1. The predicted octanol–water partition coefficient (Wildman–Crippen LogP) is 5.26. The highest BCUT2D eigenvalue weighted by Gasteiger charge is 2.24. The van der Waals surface area contributed by atoms with Gasteiger partial charge in [0.1, 0.15) is 11.0 Å². The van der Waals surface area contributed by atoms with Crippen LogP contribution in [0.2, 0.25) is 0 Å². The van der Waals surface area contributed by atoms with Gasteiger partial charge < -0.3 is 10.1 Å². The maximum Gasteiger partial charge on any atom is 0.242 e. The van der Waals surface area contributed by atoms with Crippen molar-refractivity contribution in [3.8, 4) is 17.1 Å². The number of benzene rings is 3. The molecule has 0 bridgehead atoms. The van der Waals surface area contributed by atoms with Gasteiger partial charge in [-0.15, -0.1) is 5.10 Å². The number of aromatic nitrogens is 3. The van der Waals surface area contributed by atoms with Crippen molar-refractivity contribution in [3.05, 3.63) is 90.0 Å². The molecule has 0 saturated heterocycles. The van der Waals surface area contributed by atoms with Crippen molar-refractivity contribution >= 4 is 23.4 Å². The largest absolute Gasteiger partial charge is 0.497 e. The Hall–Kier alpha value is -3.58. The fourth-order valence-electron chi connectivity index (χ4n) is 3.03. The van der Waals surface area contributed by atoms with E-state index < -0.39 is 5.25 Å².